The molecule has 26 heteroatoms. The molecule has 382 valence electrons. The third kappa shape index (κ3) is 12.3. The van der Waals surface area contributed by atoms with Gasteiger partial charge in [0, 0.05) is 48.5 Å². The molecular formula is C45H43ClF10N8O5S2. The Bertz CT molecular complexity index is 2930. The summed E-state index contributed by atoms with van der Waals surface area (Å²) in [6.45, 7) is 2.06. The van der Waals surface area contributed by atoms with Gasteiger partial charge in [-0.25, -0.2) is 22.8 Å². The number of rotatable bonds is 11. The molecule has 0 spiro atoms. The highest BCUT2D eigenvalue weighted by molar-refractivity contribution is 8.00. The molecule has 0 saturated carbocycles. The fourth-order valence-electron chi connectivity index (χ4n) is 8.36. The fraction of sp³-hybridized carbons (Fsp3) is 0.422. The summed E-state index contributed by atoms with van der Waals surface area (Å²) in [7, 11) is -2.22. The summed E-state index contributed by atoms with van der Waals surface area (Å²) in [5, 5.41) is 16.6. The maximum Gasteiger partial charge on any atom is 0.435 e. The van der Waals surface area contributed by atoms with Crippen molar-refractivity contribution in [3.63, 3.8) is 0 Å². The van der Waals surface area contributed by atoms with Crippen molar-refractivity contribution in [1.82, 2.24) is 34.8 Å². The van der Waals surface area contributed by atoms with Gasteiger partial charge in [-0.3, -0.25) is 19.0 Å². The number of carbonyl (C=O) groups excluding carboxylic acids is 2. The quantitative estimate of drug-likeness (QED) is 0.0747. The number of likely N-dealkylation sites (tertiary alicyclic amines) is 1. The first kappa shape index (κ1) is 54.5. The predicted octanol–water partition coefficient (Wildman–Crippen LogP) is 10.0. The number of urea groups is 1. The lowest BCUT2D eigenvalue weighted by molar-refractivity contribution is -0.143. The Kier molecular flexibility index (Phi) is 16.2. The van der Waals surface area contributed by atoms with Gasteiger partial charge in [0.05, 0.1) is 32.4 Å². The molecule has 2 N–H and O–H groups in total. The van der Waals surface area contributed by atoms with E-state index in [4.69, 9.17) is 26.5 Å². The topological polar surface area (TPSA) is 156 Å². The first-order valence-corrected chi connectivity index (χ1v) is 24.4. The molecule has 0 radical (unpaired) electrons. The standard InChI is InChI=1S/C44H41ClF10N8O3S2.CH2O2/c1-23-20-42(48,49)38-33(23)37(44(53,54)55)58-61(38)21-32(64)57-31(18-24-16-25(46)19-26(47)17-24)35-28(9-8-27(56-35)12-13-41(2,3)67-4)29-10-11-30(45)34-36(29)62(22-43(50,51)52)59-39(34)63(68(5)66)40(65)60-14-6-7-15-60;2-1-3/h8-11,16-17,19,23,31H,6-7,14-15,18,20-22H2,1-5H3,(H,57,64);1H,(H,2,3)/t23-,31?,68?;/m0./s1. The first-order valence-electron chi connectivity index (χ1n) is 21.3. The van der Waals surface area contributed by atoms with E-state index in [2.05, 4.69) is 27.4 Å². The van der Waals surface area contributed by atoms with Gasteiger partial charge in [-0.05, 0) is 87.1 Å². The number of anilines is 1. The molecule has 0 bridgehead atoms. The number of nitrogens with zero attached hydrogens (tertiary/aromatic N) is 7. The number of thioether (sulfide) groups is 1. The minimum absolute atomic E-state index is 0.0161. The van der Waals surface area contributed by atoms with Gasteiger partial charge in [0.2, 0.25) is 5.91 Å². The molecule has 1 fully saturated rings. The lowest BCUT2D eigenvalue weighted by Gasteiger charge is -2.24. The molecule has 5 aromatic rings. The van der Waals surface area contributed by atoms with E-state index in [-0.39, 0.29) is 68.2 Å². The van der Waals surface area contributed by atoms with E-state index in [1.54, 1.807) is 20.1 Å². The molecule has 4 heterocycles. The number of pyridine rings is 1. The first-order chi connectivity index (χ1) is 33.1. The smallest absolute Gasteiger partial charge is 0.435 e. The van der Waals surface area contributed by atoms with Crippen molar-refractivity contribution >= 4 is 69.5 Å². The number of benzene rings is 2. The van der Waals surface area contributed by atoms with E-state index in [1.165, 1.54) is 47.9 Å². The molecule has 1 aliphatic carbocycles. The monoisotopic (exact) mass is 1060 g/mol. The number of aromatic nitrogens is 5. The third-order valence-corrected chi connectivity index (χ3v) is 13.6. The molecule has 2 aromatic carbocycles. The zero-order valence-electron chi connectivity index (χ0n) is 38.1. The molecule has 2 aliphatic rings. The van der Waals surface area contributed by atoms with E-state index >= 15 is 8.78 Å². The van der Waals surface area contributed by atoms with E-state index < -0.39 is 118 Å². The average molecular weight is 1070 g/mol. The molecule has 1 aliphatic heterocycles. The van der Waals surface area contributed by atoms with Crippen LogP contribution >= 0.6 is 23.4 Å². The zero-order chi connectivity index (χ0) is 52.5. The maximum atomic E-state index is 15.4. The second-order valence-corrected chi connectivity index (χ2v) is 20.0. The van der Waals surface area contributed by atoms with Crippen LogP contribution in [-0.2, 0) is 52.2 Å². The number of halogens is 11. The van der Waals surface area contributed by atoms with Crippen LogP contribution in [0.4, 0.5) is 54.5 Å². The van der Waals surface area contributed by atoms with E-state index in [1.807, 2.05) is 0 Å². The minimum atomic E-state index is -5.18. The molecule has 1 saturated heterocycles. The Morgan fingerprint density at radius 1 is 1.03 bits per heavy atom. The van der Waals surface area contributed by atoms with Crippen LogP contribution in [0.15, 0.2) is 42.5 Å². The summed E-state index contributed by atoms with van der Waals surface area (Å²) >= 11 is 8.12. The van der Waals surface area contributed by atoms with E-state index in [0.29, 0.717) is 23.6 Å². The molecule has 3 atom stereocenters. The average Bonchev–Trinajstić information content (AvgIpc) is 4.05. The second kappa shape index (κ2) is 21.1. The number of hydrogen-bond donors (Lipinski definition) is 2. The summed E-state index contributed by atoms with van der Waals surface area (Å²) in [5.74, 6) is -2.98. The number of amides is 3. The molecule has 71 heavy (non-hydrogen) atoms. The van der Waals surface area contributed by atoms with Gasteiger partial charge < -0.3 is 15.3 Å². The minimum Gasteiger partial charge on any atom is -0.483 e. The number of alkyl halides is 8. The van der Waals surface area contributed by atoms with E-state index in [9.17, 15) is 48.9 Å². The highest BCUT2D eigenvalue weighted by Gasteiger charge is 2.53. The Balaban J connectivity index is 0.00000268. The van der Waals surface area contributed by atoms with Crippen LogP contribution in [0, 0.1) is 23.5 Å². The summed E-state index contributed by atoms with van der Waals surface area (Å²) in [6.07, 6.45) is -7.54. The second-order valence-electron chi connectivity index (χ2n) is 17.0. The van der Waals surface area contributed by atoms with Crippen molar-refractivity contribution in [1.29, 1.82) is 0 Å². The normalized spacial score (nSPS) is 16.4. The van der Waals surface area contributed by atoms with Crippen LogP contribution in [0.3, 0.4) is 0 Å². The Labute approximate surface area is 410 Å². The van der Waals surface area contributed by atoms with Crippen LogP contribution in [0.25, 0.3) is 22.0 Å². The Morgan fingerprint density at radius 3 is 2.23 bits per heavy atom. The number of fused-ring (bicyclic) bond motifs is 2. The Morgan fingerprint density at radius 2 is 1.65 bits per heavy atom. The predicted molar refractivity (Wildman–Crippen MR) is 245 cm³/mol. The molecule has 2 unspecified atom stereocenters. The van der Waals surface area contributed by atoms with Gasteiger partial charge in [-0.2, -0.15) is 49.6 Å². The number of carboxylic acid groups (broad SMARTS) is 1. The summed E-state index contributed by atoms with van der Waals surface area (Å²) in [6, 6.07) is 5.30. The molecule has 7 rings (SSSR count). The van der Waals surface area contributed by atoms with Crippen LogP contribution in [-0.4, -0.2) is 93.7 Å². The van der Waals surface area contributed by atoms with Gasteiger partial charge in [0.25, 0.3) is 12.4 Å². The van der Waals surface area contributed by atoms with Crippen LogP contribution in [0.5, 0.6) is 0 Å². The fourth-order valence-corrected chi connectivity index (χ4v) is 9.46. The lowest BCUT2D eigenvalue weighted by atomic mass is 9.93. The van der Waals surface area contributed by atoms with Gasteiger partial charge in [-0.15, -0.1) is 11.8 Å². The van der Waals surface area contributed by atoms with Crippen molar-refractivity contribution in [3.05, 3.63) is 93.0 Å². The highest BCUT2D eigenvalue weighted by atomic mass is 35.5. The van der Waals surface area contributed by atoms with Gasteiger partial charge in [0.1, 0.15) is 47.1 Å². The summed E-state index contributed by atoms with van der Waals surface area (Å²) in [5.41, 5.74) is -4.38. The van der Waals surface area contributed by atoms with Crippen molar-refractivity contribution in [2.24, 2.45) is 0 Å². The van der Waals surface area contributed by atoms with Crippen LogP contribution < -0.4 is 9.62 Å². The largest absolute Gasteiger partial charge is 0.483 e. The van der Waals surface area contributed by atoms with Crippen molar-refractivity contribution in [2.45, 2.75) is 94.5 Å². The van der Waals surface area contributed by atoms with Gasteiger partial charge in [0.15, 0.2) is 11.5 Å². The van der Waals surface area contributed by atoms with Gasteiger partial charge >= 0.3 is 18.4 Å². The van der Waals surface area contributed by atoms with Crippen molar-refractivity contribution < 1.29 is 67.6 Å². The van der Waals surface area contributed by atoms with Crippen LogP contribution in [0.2, 0.25) is 5.02 Å². The van der Waals surface area contributed by atoms with Gasteiger partial charge in [-0.1, -0.05) is 30.5 Å². The summed E-state index contributed by atoms with van der Waals surface area (Å²) < 4.78 is 161. The molecule has 3 aromatic heterocycles. The van der Waals surface area contributed by atoms with Crippen molar-refractivity contribution in [3.8, 4) is 23.0 Å². The highest BCUT2D eigenvalue weighted by Crippen LogP contribution is 2.52. The SMILES string of the molecule is CSC(C)(C)C#Cc1ccc(-c2ccc(Cl)c3c(N(C(=O)N4CCCC4)S(C)=O)nn(CC(F)(F)F)c23)c(C(Cc2cc(F)cc(F)c2)NC(=O)Cn2nc(C(F)(F)F)c3c2C(F)(F)C[C@@H]3C)n1.O=CO. The number of carbonyl (C=O) groups is 3. The molecule has 3 amide bonds. The number of nitrogens with one attached hydrogen (secondary N) is 1. The van der Waals surface area contributed by atoms with Crippen molar-refractivity contribution in [2.75, 3.05) is 29.9 Å². The molecule has 13 nitrogen and oxygen atoms in total. The van der Waals surface area contributed by atoms with Crippen LogP contribution in [0.1, 0.15) is 85.9 Å². The molecular weight excluding hydrogens is 1020 g/mol. The number of hydrogen-bond acceptors (Lipinski definition) is 8. The maximum absolute atomic E-state index is 15.4. The van der Waals surface area contributed by atoms with E-state index in [0.717, 1.165) is 22.7 Å². The Hall–Kier alpha value is -5.87. The lowest BCUT2D eigenvalue weighted by Crippen LogP contribution is -2.43. The summed E-state index contributed by atoms with van der Waals surface area (Å²) in [4.78, 5) is 42.5. The third-order valence-electron chi connectivity index (χ3n) is 11.4. The zero-order valence-corrected chi connectivity index (χ0v) is 40.5.